The Labute approximate surface area is 173 Å². The van der Waals surface area contributed by atoms with Gasteiger partial charge >= 0.3 is 0 Å². The van der Waals surface area contributed by atoms with Crippen molar-refractivity contribution >= 4 is 11.5 Å². The fraction of sp³-hybridized carbons (Fsp3) is 0.458. The van der Waals surface area contributed by atoms with Gasteiger partial charge in [0.25, 0.3) is 0 Å². The summed E-state index contributed by atoms with van der Waals surface area (Å²) in [6, 6.07) is 15.8. The molecule has 1 unspecified atom stereocenters. The molecular formula is C24H32N2O3. The molecule has 1 fully saturated rings. The maximum absolute atomic E-state index is 11.4. The van der Waals surface area contributed by atoms with E-state index in [0.29, 0.717) is 19.1 Å². The molecule has 2 aromatic rings. The van der Waals surface area contributed by atoms with Crippen LogP contribution < -0.4 is 9.64 Å². The van der Waals surface area contributed by atoms with Gasteiger partial charge in [0.2, 0.25) is 0 Å². The number of nitrogens with zero attached hydrogens (tertiary/aromatic N) is 2. The van der Waals surface area contributed by atoms with E-state index in [2.05, 4.69) is 29.7 Å². The third-order valence-electron chi connectivity index (χ3n) is 5.45. The monoisotopic (exact) mass is 396 g/mol. The van der Waals surface area contributed by atoms with Crippen molar-refractivity contribution in [2.75, 3.05) is 44.2 Å². The first-order valence-corrected chi connectivity index (χ1v) is 10.4. The largest absolute Gasteiger partial charge is 0.491 e. The van der Waals surface area contributed by atoms with Gasteiger partial charge in [0.1, 0.15) is 18.5 Å². The van der Waals surface area contributed by atoms with Crippen LogP contribution in [0.1, 0.15) is 42.6 Å². The average molecular weight is 397 g/mol. The van der Waals surface area contributed by atoms with Crippen LogP contribution in [-0.2, 0) is 0 Å². The molecule has 0 radical (unpaired) electrons. The van der Waals surface area contributed by atoms with Crippen LogP contribution in [0.15, 0.2) is 48.5 Å². The van der Waals surface area contributed by atoms with Crippen molar-refractivity contribution in [2.24, 2.45) is 0 Å². The molecule has 29 heavy (non-hydrogen) atoms. The summed E-state index contributed by atoms with van der Waals surface area (Å²) in [5.74, 6) is 1.34. The number of carbonyl (C=O) groups is 1. The second kappa shape index (κ2) is 9.90. The van der Waals surface area contributed by atoms with Gasteiger partial charge < -0.3 is 14.7 Å². The smallest absolute Gasteiger partial charge is 0.159 e. The van der Waals surface area contributed by atoms with Crippen LogP contribution in [0.25, 0.3) is 0 Å². The van der Waals surface area contributed by atoms with Gasteiger partial charge in [-0.3, -0.25) is 9.69 Å². The van der Waals surface area contributed by atoms with E-state index < -0.39 is 6.10 Å². The fourth-order valence-corrected chi connectivity index (χ4v) is 3.72. The zero-order valence-electron chi connectivity index (χ0n) is 17.7. The molecule has 156 valence electrons. The third kappa shape index (κ3) is 5.81. The Morgan fingerprint density at radius 1 is 1.03 bits per heavy atom. The van der Waals surface area contributed by atoms with Crippen LogP contribution in [0.3, 0.4) is 0 Å². The molecule has 2 aromatic carbocycles. The van der Waals surface area contributed by atoms with Gasteiger partial charge in [-0.25, -0.2) is 0 Å². The second-order valence-electron chi connectivity index (χ2n) is 8.05. The molecule has 0 amide bonds. The lowest BCUT2D eigenvalue weighted by Gasteiger charge is -2.37. The summed E-state index contributed by atoms with van der Waals surface area (Å²) in [5, 5.41) is 10.4. The van der Waals surface area contributed by atoms with Gasteiger partial charge in [0.15, 0.2) is 5.78 Å². The Bertz CT molecular complexity index is 796. The summed E-state index contributed by atoms with van der Waals surface area (Å²) >= 11 is 0. The summed E-state index contributed by atoms with van der Waals surface area (Å²) in [6.45, 7) is 10.4. The Morgan fingerprint density at radius 3 is 2.31 bits per heavy atom. The van der Waals surface area contributed by atoms with Gasteiger partial charge in [-0.05, 0) is 48.7 Å². The Balaban J connectivity index is 1.45. The van der Waals surface area contributed by atoms with E-state index in [0.717, 1.165) is 43.2 Å². The molecule has 0 saturated carbocycles. The SMILES string of the molecule is CC(=O)c1ccc(N2CCN(CC(O)COc3ccccc3C(C)C)CC2)cc1. The van der Waals surface area contributed by atoms with E-state index >= 15 is 0 Å². The predicted octanol–water partition coefficient (Wildman–Crippen LogP) is 3.57. The van der Waals surface area contributed by atoms with E-state index in [9.17, 15) is 9.90 Å². The predicted molar refractivity (Wildman–Crippen MR) is 117 cm³/mol. The number of benzene rings is 2. The number of rotatable bonds is 8. The molecule has 0 spiro atoms. The van der Waals surface area contributed by atoms with Crippen molar-refractivity contribution in [3.05, 3.63) is 59.7 Å². The summed E-state index contributed by atoms with van der Waals surface area (Å²) in [7, 11) is 0. The number of aliphatic hydroxyl groups is 1. The van der Waals surface area contributed by atoms with Crippen LogP contribution in [0.5, 0.6) is 5.75 Å². The van der Waals surface area contributed by atoms with E-state index in [4.69, 9.17) is 4.74 Å². The van der Waals surface area contributed by atoms with Crippen molar-refractivity contribution in [1.29, 1.82) is 0 Å². The lowest BCUT2D eigenvalue weighted by molar-refractivity contribution is 0.0659. The van der Waals surface area contributed by atoms with Gasteiger partial charge in [0, 0.05) is 44.0 Å². The highest BCUT2D eigenvalue weighted by Crippen LogP contribution is 2.26. The maximum Gasteiger partial charge on any atom is 0.159 e. The Morgan fingerprint density at radius 2 is 1.69 bits per heavy atom. The van der Waals surface area contributed by atoms with Crippen LogP contribution in [-0.4, -0.2) is 61.2 Å². The number of ether oxygens (including phenoxy) is 1. The highest BCUT2D eigenvalue weighted by atomic mass is 16.5. The lowest BCUT2D eigenvalue weighted by Crippen LogP contribution is -2.49. The number of hydrogen-bond donors (Lipinski definition) is 1. The van der Waals surface area contributed by atoms with E-state index in [1.165, 1.54) is 5.56 Å². The minimum atomic E-state index is -0.517. The molecule has 5 heteroatoms. The number of ketones is 1. The standard InChI is InChI=1S/C24H32N2O3/c1-18(2)23-6-4-5-7-24(23)29-17-22(28)16-25-12-14-26(15-13-25)21-10-8-20(9-11-21)19(3)27/h4-11,18,22,28H,12-17H2,1-3H3. The minimum Gasteiger partial charge on any atom is -0.491 e. The molecule has 1 aliphatic heterocycles. The summed E-state index contributed by atoms with van der Waals surface area (Å²) < 4.78 is 5.91. The number of hydrogen-bond acceptors (Lipinski definition) is 5. The molecule has 0 aliphatic carbocycles. The molecule has 0 aromatic heterocycles. The Kier molecular flexibility index (Phi) is 7.29. The van der Waals surface area contributed by atoms with Gasteiger partial charge in [-0.15, -0.1) is 0 Å². The molecular weight excluding hydrogens is 364 g/mol. The van der Waals surface area contributed by atoms with Crippen LogP contribution in [0.4, 0.5) is 5.69 Å². The summed E-state index contributed by atoms with van der Waals surface area (Å²) in [6.07, 6.45) is -0.517. The van der Waals surface area contributed by atoms with E-state index in [1.54, 1.807) is 6.92 Å². The van der Waals surface area contributed by atoms with E-state index in [-0.39, 0.29) is 5.78 Å². The topological polar surface area (TPSA) is 53.0 Å². The first-order valence-electron chi connectivity index (χ1n) is 10.4. The van der Waals surface area contributed by atoms with Crippen LogP contribution in [0, 0.1) is 0 Å². The highest BCUT2D eigenvalue weighted by molar-refractivity contribution is 5.94. The normalized spacial score (nSPS) is 16.1. The van der Waals surface area contributed by atoms with Crippen molar-refractivity contribution in [2.45, 2.75) is 32.8 Å². The molecule has 1 heterocycles. The Hall–Kier alpha value is -2.37. The zero-order valence-corrected chi connectivity index (χ0v) is 17.7. The molecule has 1 saturated heterocycles. The number of para-hydroxylation sites is 1. The minimum absolute atomic E-state index is 0.0913. The number of piperazine rings is 1. The quantitative estimate of drug-likeness (QED) is 0.692. The summed E-state index contributed by atoms with van der Waals surface area (Å²) in [4.78, 5) is 16.0. The zero-order chi connectivity index (χ0) is 20.8. The molecule has 1 atom stereocenters. The van der Waals surface area contributed by atoms with Gasteiger partial charge in [-0.1, -0.05) is 32.0 Å². The first-order chi connectivity index (χ1) is 13.9. The number of β-amino-alcohol motifs (C(OH)–C–C–N with tert-alkyl or cyclic N) is 1. The fourth-order valence-electron chi connectivity index (χ4n) is 3.72. The van der Waals surface area contributed by atoms with Crippen molar-refractivity contribution in [1.82, 2.24) is 4.90 Å². The molecule has 1 N–H and O–H groups in total. The molecule has 3 rings (SSSR count). The van der Waals surface area contributed by atoms with Gasteiger partial charge in [-0.2, -0.15) is 0 Å². The number of Topliss-reactive ketones (excluding diaryl/α,β-unsaturated/α-hetero) is 1. The molecule has 0 bridgehead atoms. The average Bonchev–Trinajstić information content (AvgIpc) is 2.73. The number of aliphatic hydroxyl groups excluding tert-OH is 1. The highest BCUT2D eigenvalue weighted by Gasteiger charge is 2.20. The maximum atomic E-state index is 11.4. The van der Waals surface area contributed by atoms with Crippen molar-refractivity contribution in [3.8, 4) is 5.75 Å². The van der Waals surface area contributed by atoms with Crippen LogP contribution in [0.2, 0.25) is 0 Å². The third-order valence-corrected chi connectivity index (χ3v) is 5.45. The van der Waals surface area contributed by atoms with Crippen molar-refractivity contribution < 1.29 is 14.6 Å². The van der Waals surface area contributed by atoms with Crippen molar-refractivity contribution in [3.63, 3.8) is 0 Å². The second-order valence-corrected chi connectivity index (χ2v) is 8.05. The number of carbonyl (C=O) groups excluding carboxylic acids is 1. The first kappa shape index (κ1) is 21.3. The van der Waals surface area contributed by atoms with Gasteiger partial charge in [0.05, 0.1) is 0 Å². The molecule has 1 aliphatic rings. The lowest BCUT2D eigenvalue weighted by atomic mass is 10.0. The summed E-state index contributed by atoms with van der Waals surface area (Å²) in [5.41, 5.74) is 3.06. The number of anilines is 1. The molecule has 5 nitrogen and oxygen atoms in total. The van der Waals surface area contributed by atoms with E-state index in [1.807, 2.05) is 42.5 Å². The van der Waals surface area contributed by atoms with Crippen LogP contribution >= 0.6 is 0 Å².